The number of rotatable bonds is 2. The van der Waals surface area contributed by atoms with Gasteiger partial charge < -0.3 is 10.5 Å². The monoisotopic (exact) mass is 235 g/mol. The molecule has 0 spiro atoms. The molecule has 0 bridgehead atoms. The molecule has 5 nitrogen and oxygen atoms in total. The molecule has 16 heavy (non-hydrogen) atoms. The second-order valence-corrected chi connectivity index (χ2v) is 3.86. The van der Waals surface area contributed by atoms with Gasteiger partial charge in [-0.25, -0.2) is 14.8 Å². The van der Waals surface area contributed by atoms with Gasteiger partial charge in [0.15, 0.2) is 5.13 Å². The molecule has 6 heteroatoms. The van der Waals surface area contributed by atoms with E-state index in [1.807, 2.05) is 0 Å². The molecule has 0 radical (unpaired) electrons. The summed E-state index contributed by atoms with van der Waals surface area (Å²) in [5.41, 5.74) is 7.05. The van der Waals surface area contributed by atoms with Gasteiger partial charge in [0, 0.05) is 5.38 Å². The molecule has 0 aliphatic heterocycles. The first-order valence-corrected chi connectivity index (χ1v) is 5.35. The molecule has 2 aromatic rings. The molecule has 2 N–H and O–H groups in total. The smallest absolute Gasteiger partial charge is 0.356 e. The standard InChI is InChI=1S/C10H9N3O2S/c1-15-9(14)7-4-2-3-6(12-7)8-5-16-10(11)13-8/h2-5H,1H3,(H2,11,13). The van der Waals surface area contributed by atoms with Crippen molar-refractivity contribution in [1.82, 2.24) is 9.97 Å². The third-order valence-corrected chi connectivity index (χ3v) is 2.60. The average molecular weight is 235 g/mol. The van der Waals surface area contributed by atoms with Crippen molar-refractivity contribution in [3.05, 3.63) is 29.3 Å². The lowest BCUT2D eigenvalue weighted by molar-refractivity contribution is 0.0594. The fraction of sp³-hybridized carbons (Fsp3) is 0.100. The molecular weight excluding hydrogens is 226 g/mol. The van der Waals surface area contributed by atoms with Crippen molar-refractivity contribution in [3.63, 3.8) is 0 Å². The van der Waals surface area contributed by atoms with Gasteiger partial charge in [0.1, 0.15) is 11.4 Å². The number of anilines is 1. The van der Waals surface area contributed by atoms with Gasteiger partial charge in [-0.3, -0.25) is 0 Å². The van der Waals surface area contributed by atoms with Crippen LogP contribution in [0, 0.1) is 0 Å². The minimum absolute atomic E-state index is 0.256. The number of nitrogen functional groups attached to an aromatic ring is 1. The lowest BCUT2D eigenvalue weighted by Gasteiger charge is -2.00. The van der Waals surface area contributed by atoms with Crippen LogP contribution in [0.2, 0.25) is 0 Å². The molecule has 82 valence electrons. The second-order valence-electron chi connectivity index (χ2n) is 2.97. The summed E-state index contributed by atoms with van der Waals surface area (Å²) >= 11 is 1.33. The van der Waals surface area contributed by atoms with Crippen LogP contribution in [0.1, 0.15) is 10.5 Å². The number of ether oxygens (including phenoxy) is 1. The van der Waals surface area contributed by atoms with Crippen LogP contribution in [-0.2, 0) is 4.74 Å². The van der Waals surface area contributed by atoms with Crippen molar-refractivity contribution in [3.8, 4) is 11.4 Å². The lowest BCUT2D eigenvalue weighted by atomic mass is 10.2. The third kappa shape index (κ3) is 2.01. The molecule has 0 fully saturated rings. The van der Waals surface area contributed by atoms with Crippen LogP contribution in [0.25, 0.3) is 11.4 Å². The summed E-state index contributed by atoms with van der Waals surface area (Å²) in [6.45, 7) is 0. The highest BCUT2D eigenvalue weighted by Gasteiger charge is 2.10. The fourth-order valence-electron chi connectivity index (χ4n) is 1.20. The Morgan fingerprint density at radius 3 is 2.81 bits per heavy atom. The molecule has 0 atom stereocenters. The van der Waals surface area contributed by atoms with Crippen molar-refractivity contribution < 1.29 is 9.53 Å². The SMILES string of the molecule is COC(=O)c1cccc(-c2csc(N)n2)n1. The Bertz CT molecular complexity index is 524. The first-order chi connectivity index (χ1) is 7.70. The van der Waals surface area contributed by atoms with E-state index in [1.165, 1.54) is 18.4 Å². The van der Waals surface area contributed by atoms with Crippen LogP contribution < -0.4 is 5.73 Å². The van der Waals surface area contributed by atoms with Gasteiger partial charge in [0.25, 0.3) is 0 Å². The minimum Gasteiger partial charge on any atom is -0.464 e. The number of carbonyl (C=O) groups excluding carboxylic acids is 1. The van der Waals surface area contributed by atoms with Gasteiger partial charge in [-0.15, -0.1) is 11.3 Å². The number of hydrogen-bond donors (Lipinski definition) is 1. The van der Waals surface area contributed by atoms with Crippen LogP contribution in [0.4, 0.5) is 5.13 Å². The highest BCUT2D eigenvalue weighted by atomic mass is 32.1. The van der Waals surface area contributed by atoms with E-state index in [4.69, 9.17) is 5.73 Å². The normalized spacial score (nSPS) is 10.1. The summed E-state index contributed by atoms with van der Waals surface area (Å²) in [5, 5.41) is 2.26. The van der Waals surface area contributed by atoms with E-state index in [-0.39, 0.29) is 5.69 Å². The first-order valence-electron chi connectivity index (χ1n) is 4.47. The first kappa shape index (κ1) is 10.6. The Hall–Kier alpha value is -1.95. The van der Waals surface area contributed by atoms with E-state index in [9.17, 15) is 4.79 Å². The summed E-state index contributed by atoms with van der Waals surface area (Å²) in [5.74, 6) is -0.468. The number of nitrogens with zero attached hydrogens (tertiary/aromatic N) is 2. The highest BCUT2D eigenvalue weighted by molar-refractivity contribution is 7.13. The Morgan fingerprint density at radius 2 is 2.19 bits per heavy atom. The minimum atomic E-state index is -0.468. The summed E-state index contributed by atoms with van der Waals surface area (Å²) in [6, 6.07) is 5.08. The predicted octanol–water partition coefficient (Wildman–Crippen LogP) is 1.57. The van der Waals surface area contributed by atoms with Crippen molar-refractivity contribution in [1.29, 1.82) is 0 Å². The summed E-state index contributed by atoms with van der Waals surface area (Å²) in [7, 11) is 1.32. The van der Waals surface area contributed by atoms with E-state index in [0.29, 0.717) is 16.5 Å². The molecule has 0 aliphatic carbocycles. The summed E-state index contributed by atoms with van der Waals surface area (Å²) < 4.78 is 4.59. The molecule has 0 aromatic carbocycles. The van der Waals surface area contributed by atoms with Gasteiger partial charge in [-0.05, 0) is 12.1 Å². The van der Waals surface area contributed by atoms with Crippen LogP contribution in [-0.4, -0.2) is 23.0 Å². The number of thiazole rings is 1. The number of carbonyl (C=O) groups is 1. The van der Waals surface area contributed by atoms with Crippen LogP contribution in [0.3, 0.4) is 0 Å². The summed E-state index contributed by atoms with van der Waals surface area (Å²) in [4.78, 5) is 19.5. The number of nitrogens with two attached hydrogens (primary N) is 1. The van der Waals surface area contributed by atoms with E-state index in [2.05, 4.69) is 14.7 Å². The zero-order valence-corrected chi connectivity index (χ0v) is 9.32. The Labute approximate surface area is 95.9 Å². The van der Waals surface area contributed by atoms with Gasteiger partial charge in [-0.1, -0.05) is 6.07 Å². The quantitative estimate of drug-likeness (QED) is 0.799. The number of pyridine rings is 1. The van der Waals surface area contributed by atoms with Crippen molar-refractivity contribution in [2.24, 2.45) is 0 Å². The van der Waals surface area contributed by atoms with E-state index >= 15 is 0 Å². The summed E-state index contributed by atoms with van der Waals surface area (Å²) in [6.07, 6.45) is 0. The van der Waals surface area contributed by atoms with Crippen LogP contribution in [0.5, 0.6) is 0 Å². The molecule has 2 heterocycles. The predicted molar refractivity (Wildman–Crippen MR) is 61.1 cm³/mol. The Kier molecular flexibility index (Phi) is 2.82. The van der Waals surface area contributed by atoms with E-state index in [1.54, 1.807) is 23.6 Å². The maximum Gasteiger partial charge on any atom is 0.356 e. The maximum absolute atomic E-state index is 11.3. The molecule has 0 aliphatic rings. The van der Waals surface area contributed by atoms with Gasteiger partial charge in [0.05, 0.1) is 12.8 Å². The van der Waals surface area contributed by atoms with Gasteiger partial charge in [0.2, 0.25) is 0 Å². The molecule has 0 unspecified atom stereocenters. The Balaban J connectivity index is 2.39. The van der Waals surface area contributed by atoms with Crippen molar-refractivity contribution >= 4 is 22.4 Å². The average Bonchev–Trinajstić information content (AvgIpc) is 2.75. The highest BCUT2D eigenvalue weighted by Crippen LogP contribution is 2.21. The van der Waals surface area contributed by atoms with Gasteiger partial charge in [-0.2, -0.15) is 0 Å². The maximum atomic E-state index is 11.3. The van der Waals surface area contributed by atoms with Crippen molar-refractivity contribution in [2.45, 2.75) is 0 Å². The zero-order valence-electron chi connectivity index (χ0n) is 8.51. The largest absolute Gasteiger partial charge is 0.464 e. The van der Waals surface area contributed by atoms with E-state index in [0.717, 1.165) is 0 Å². The third-order valence-electron chi connectivity index (χ3n) is 1.93. The molecule has 0 saturated heterocycles. The molecular formula is C10H9N3O2S. The molecule has 2 aromatic heterocycles. The molecule has 2 rings (SSSR count). The second kappa shape index (κ2) is 4.28. The Morgan fingerprint density at radius 1 is 1.38 bits per heavy atom. The number of esters is 1. The molecule has 0 saturated carbocycles. The van der Waals surface area contributed by atoms with E-state index < -0.39 is 5.97 Å². The van der Waals surface area contributed by atoms with Crippen LogP contribution >= 0.6 is 11.3 Å². The number of hydrogen-bond acceptors (Lipinski definition) is 6. The topological polar surface area (TPSA) is 78.1 Å². The lowest BCUT2D eigenvalue weighted by Crippen LogP contribution is -2.04. The van der Waals surface area contributed by atoms with Crippen LogP contribution in [0.15, 0.2) is 23.6 Å². The zero-order chi connectivity index (χ0) is 11.5. The molecule has 0 amide bonds. The van der Waals surface area contributed by atoms with Gasteiger partial charge >= 0.3 is 5.97 Å². The van der Waals surface area contributed by atoms with Crippen molar-refractivity contribution in [2.75, 3.05) is 12.8 Å². The fourth-order valence-corrected chi connectivity index (χ4v) is 1.76. The number of aromatic nitrogens is 2. The number of methoxy groups -OCH3 is 1.